The SMILES string of the molecule is O=C(Nc1cccc(-c2nnc3n2CCCCC3)c1)C1CC(=O)N(c2cc(F)cc(F)c2)C1. The van der Waals surface area contributed by atoms with Crippen LogP contribution < -0.4 is 10.2 Å². The van der Waals surface area contributed by atoms with Gasteiger partial charge in [-0.3, -0.25) is 9.59 Å². The van der Waals surface area contributed by atoms with E-state index in [4.69, 9.17) is 0 Å². The third-order valence-electron chi connectivity index (χ3n) is 6.15. The number of fused-ring (bicyclic) bond motifs is 1. The molecule has 0 aliphatic carbocycles. The van der Waals surface area contributed by atoms with E-state index >= 15 is 0 Å². The summed E-state index contributed by atoms with van der Waals surface area (Å²) in [6.45, 7) is 0.930. The van der Waals surface area contributed by atoms with Crippen LogP contribution in [0.25, 0.3) is 11.4 Å². The molecule has 1 fully saturated rings. The summed E-state index contributed by atoms with van der Waals surface area (Å²) in [5.41, 5.74) is 1.56. The molecule has 2 aliphatic rings. The van der Waals surface area contributed by atoms with E-state index in [1.807, 2.05) is 18.2 Å². The van der Waals surface area contributed by atoms with Crippen molar-refractivity contribution in [3.05, 3.63) is 59.9 Å². The number of aromatic nitrogens is 3. The molecule has 2 aliphatic heterocycles. The molecule has 7 nitrogen and oxygen atoms in total. The molecule has 1 atom stereocenters. The highest BCUT2D eigenvalue weighted by molar-refractivity contribution is 6.03. The van der Waals surface area contributed by atoms with E-state index in [1.54, 1.807) is 6.07 Å². The quantitative estimate of drug-likeness (QED) is 0.652. The number of nitrogens with one attached hydrogen (secondary N) is 1. The number of amides is 2. The second-order valence-electron chi connectivity index (χ2n) is 8.51. The summed E-state index contributed by atoms with van der Waals surface area (Å²) in [5, 5.41) is 11.6. The van der Waals surface area contributed by atoms with Gasteiger partial charge < -0.3 is 14.8 Å². The van der Waals surface area contributed by atoms with Crippen LogP contribution in [0.5, 0.6) is 0 Å². The molecule has 9 heteroatoms. The minimum atomic E-state index is -0.770. The van der Waals surface area contributed by atoms with E-state index in [0.717, 1.165) is 67.6 Å². The van der Waals surface area contributed by atoms with Gasteiger partial charge in [0.15, 0.2) is 5.82 Å². The van der Waals surface area contributed by atoms with Crippen LogP contribution in [-0.2, 0) is 22.6 Å². The topological polar surface area (TPSA) is 80.1 Å². The molecule has 3 aromatic rings. The predicted octanol–water partition coefficient (Wildman–Crippen LogP) is 3.94. The van der Waals surface area contributed by atoms with Gasteiger partial charge in [-0.1, -0.05) is 18.6 Å². The summed E-state index contributed by atoms with van der Waals surface area (Å²) in [7, 11) is 0. The maximum absolute atomic E-state index is 13.6. The molecule has 1 N–H and O–H groups in total. The zero-order valence-electron chi connectivity index (χ0n) is 17.9. The molecule has 170 valence electrons. The first kappa shape index (κ1) is 21.2. The summed E-state index contributed by atoms with van der Waals surface area (Å²) >= 11 is 0. The molecular weight excluding hydrogens is 428 g/mol. The van der Waals surface area contributed by atoms with Gasteiger partial charge in [0.1, 0.15) is 17.5 Å². The second kappa shape index (κ2) is 8.73. The first-order valence-electron chi connectivity index (χ1n) is 11.1. The number of carbonyl (C=O) groups is 2. The summed E-state index contributed by atoms with van der Waals surface area (Å²) in [6, 6.07) is 10.3. The van der Waals surface area contributed by atoms with E-state index in [0.29, 0.717) is 5.69 Å². The van der Waals surface area contributed by atoms with Gasteiger partial charge >= 0.3 is 0 Å². The molecule has 0 radical (unpaired) electrons. The minimum Gasteiger partial charge on any atom is -0.326 e. The van der Waals surface area contributed by atoms with Gasteiger partial charge in [-0.05, 0) is 37.1 Å². The van der Waals surface area contributed by atoms with Crippen molar-refractivity contribution in [3.8, 4) is 11.4 Å². The highest BCUT2D eigenvalue weighted by Gasteiger charge is 2.35. The maximum Gasteiger partial charge on any atom is 0.229 e. The zero-order valence-corrected chi connectivity index (χ0v) is 17.9. The largest absolute Gasteiger partial charge is 0.326 e. The van der Waals surface area contributed by atoms with Crippen LogP contribution in [-0.4, -0.2) is 33.1 Å². The second-order valence-corrected chi connectivity index (χ2v) is 8.51. The van der Waals surface area contributed by atoms with Gasteiger partial charge in [0.05, 0.1) is 5.92 Å². The van der Waals surface area contributed by atoms with Crippen molar-refractivity contribution in [3.63, 3.8) is 0 Å². The van der Waals surface area contributed by atoms with Crippen LogP contribution >= 0.6 is 0 Å². The normalized spacial score (nSPS) is 18.2. The molecule has 0 saturated carbocycles. The number of anilines is 2. The fourth-order valence-electron chi connectivity index (χ4n) is 4.51. The molecule has 0 spiro atoms. The number of hydrogen-bond acceptors (Lipinski definition) is 4. The Labute approximate surface area is 189 Å². The molecule has 3 heterocycles. The standard InChI is InChI=1S/C24H23F2N5O2/c25-17-11-18(26)13-20(12-17)31-14-16(10-22(31)32)24(33)27-19-6-4-5-15(9-19)23-29-28-21-7-2-1-3-8-30(21)23/h4-6,9,11-13,16H,1-3,7-8,10,14H2,(H,27,33). The van der Waals surface area contributed by atoms with E-state index in [9.17, 15) is 18.4 Å². The summed E-state index contributed by atoms with van der Waals surface area (Å²) in [6.07, 6.45) is 4.23. The molecule has 5 rings (SSSR count). The molecule has 2 amide bonds. The van der Waals surface area contributed by atoms with Crippen LogP contribution in [0, 0.1) is 17.6 Å². The van der Waals surface area contributed by atoms with Crippen molar-refractivity contribution >= 4 is 23.2 Å². The van der Waals surface area contributed by atoms with Crippen molar-refractivity contribution in [2.24, 2.45) is 5.92 Å². The Morgan fingerprint density at radius 3 is 2.67 bits per heavy atom. The summed E-state index contributed by atoms with van der Waals surface area (Å²) in [5.74, 6) is -1.08. The molecule has 33 heavy (non-hydrogen) atoms. The average Bonchev–Trinajstić information content (AvgIpc) is 3.29. The highest BCUT2D eigenvalue weighted by Crippen LogP contribution is 2.29. The van der Waals surface area contributed by atoms with E-state index in [2.05, 4.69) is 20.1 Å². The number of benzene rings is 2. The fourth-order valence-corrected chi connectivity index (χ4v) is 4.51. The Morgan fingerprint density at radius 1 is 1.03 bits per heavy atom. The van der Waals surface area contributed by atoms with Crippen LogP contribution in [0.4, 0.5) is 20.2 Å². The lowest BCUT2D eigenvalue weighted by atomic mass is 10.1. The molecule has 1 unspecified atom stereocenters. The highest BCUT2D eigenvalue weighted by atomic mass is 19.1. The lowest BCUT2D eigenvalue weighted by Gasteiger charge is -2.17. The molecule has 0 bridgehead atoms. The van der Waals surface area contributed by atoms with Crippen LogP contribution in [0.15, 0.2) is 42.5 Å². The number of halogens is 2. The van der Waals surface area contributed by atoms with Gasteiger partial charge in [0, 0.05) is 48.9 Å². The van der Waals surface area contributed by atoms with Crippen molar-refractivity contribution in [1.29, 1.82) is 0 Å². The Morgan fingerprint density at radius 2 is 1.85 bits per heavy atom. The van der Waals surface area contributed by atoms with E-state index in [-0.39, 0.29) is 30.5 Å². The Bertz CT molecular complexity index is 1210. The third-order valence-corrected chi connectivity index (χ3v) is 6.15. The monoisotopic (exact) mass is 451 g/mol. The van der Waals surface area contributed by atoms with Gasteiger partial charge in [0.2, 0.25) is 11.8 Å². The van der Waals surface area contributed by atoms with Crippen molar-refractivity contribution in [2.75, 3.05) is 16.8 Å². The smallest absolute Gasteiger partial charge is 0.229 e. The number of carbonyl (C=O) groups excluding carboxylic acids is 2. The van der Waals surface area contributed by atoms with Gasteiger partial charge in [0.25, 0.3) is 0 Å². The lowest BCUT2D eigenvalue weighted by molar-refractivity contribution is -0.122. The number of hydrogen-bond donors (Lipinski definition) is 1. The van der Waals surface area contributed by atoms with E-state index < -0.39 is 17.6 Å². The Kier molecular flexibility index (Phi) is 5.62. The fraction of sp³-hybridized carbons (Fsp3) is 0.333. The summed E-state index contributed by atoms with van der Waals surface area (Å²) in [4.78, 5) is 26.5. The number of nitrogens with zero attached hydrogens (tertiary/aromatic N) is 4. The Hall–Kier alpha value is -3.62. The molecule has 1 aromatic heterocycles. The van der Waals surface area contributed by atoms with Gasteiger partial charge in [-0.25, -0.2) is 8.78 Å². The average molecular weight is 451 g/mol. The van der Waals surface area contributed by atoms with Crippen LogP contribution in [0.2, 0.25) is 0 Å². The first-order valence-corrected chi connectivity index (χ1v) is 11.1. The predicted molar refractivity (Wildman–Crippen MR) is 118 cm³/mol. The van der Waals surface area contributed by atoms with Crippen molar-refractivity contribution in [2.45, 2.75) is 38.6 Å². The first-order chi connectivity index (χ1) is 16.0. The van der Waals surface area contributed by atoms with Crippen LogP contribution in [0.1, 0.15) is 31.5 Å². The Balaban J connectivity index is 1.31. The molecule has 2 aromatic carbocycles. The molecular formula is C24H23F2N5O2. The van der Waals surface area contributed by atoms with Gasteiger partial charge in [-0.15, -0.1) is 10.2 Å². The van der Waals surface area contributed by atoms with Crippen molar-refractivity contribution in [1.82, 2.24) is 14.8 Å². The lowest BCUT2D eigenvalue weighted by Crippen LogP contribution is -2.28. The van der Waals surface area contributed by atoms with Crippen molar-refractivity contribution < 1.29 is 18.4 Å². The number of rotatable bonds is 4. The maximum atomic E-state index is 13.6. The van der Waals surface area contributed by atoms with Crippen LogP contribution in [0.3, 0.4) is 0 Å². The van der Waals surface area contributed by atoms with Gasteiger partial charge in [-0.2, -0.15) is 0 Å². The third kappa shape index (κ3) is 4.35. The summed E-state index contributed by atoms with van der Waals surface area (Å²) < 4.78 is 29.3. The number of aryl methyl sites for hydroxylation is 1. The van der Waals surface area contributed by atoms with E-state index in [1.165, 1.54) is 4.90 Å². The zero-order chi connectivity index (χ0) is 22.9. The minimum absolute atomic E-state index is 0.0264. The molecule has 1 saturated heterocycles.